The van der Waals surface area contributed by atoms with Crippen LogP contribution in [0.2, 0.25) is 5.02 Å². The van der Waals surface area contributed by atoms with E-state index in [4.69, 9.17) is 21.8 Å². The third-order valence-electron chi connectivity index (χ3n) is 3.89. The number of oxazole rings is 1. The third-order valence-corrected chi connectivity index (χ3v) is 4.22. The molecule has 0 aliphatic carbocycles. The topological polar surface area (TPSA) is 72.4 Å². The van der Waals surface area contributed by atoms with E-state index in [0.717, 1.165) is 5.56 Å². The molecule has 0 atom stereocenters. The zero-order valence-corrected chi connectivity index (χ0v) is 17.6. The van der Waals surface area contributed by atoms with Crippen molar-refractivity contribution in [1.29, 1.82) is 0 Å². The maximum atomic E-state index is 12.2. The SMILES string of the molecule is CN(CC(C)(C)CN)C(=O)CCc1ncc(-c2ccccc2Cl)o1.Cl.Cl. The molecule has 0 fully saturated rings. The first-order valence-corrected chi connectivity index (χ1v) is 8.34. The van der Waals surface area contributed by atoms with Gasteiger partial charge in [0.2, 0.25) is 5.91 Å². The lowest BCUT2D eigenvalue weighted by atomic mass is 9.93. The zero-order valence-electron chi connectivity index (χ0n) is 15.2. The van der Waals surface area contributed by atoms with Crippen LogP contribution in [0, 0.1) is 5.41 Å². The molecule has 0 aliphatic heterocycles. The summed E-state index contributed by atoms with van der Waals surface area (Å²) in [4.78, 5) is 18.2. The minimum absolute atomic E-state index is 0. The lowest BCUT2D eigenvalue weighted by molar-refractivity contribution is -0.131. The number of hydrogen-bond acceptors (Lipinski definition) is 4. The number of aryl methyl sites for hydroxylation is 1. The molecule has 0 unspecified atom stereocenters. The third kappa shape index (κ3) is 6.80. The van der Waals surface area contributed by atoms with Crippen LogP contribution in [0.15, 0.2) is 34.9 Å². The summed E-state index contributed by atoms with van der Waals surface area (Å²) in [6, 6.07) is 7.43. The van der Waals surface area contributed by atoms with Crippen LogP contribution in [0.5, 0.6) is 0 Å². The summed E-state index contributed by atoms with van der Waals surface area (Å²) in [5.74, 6) is 1.19. The quantitative estimate of drug-likeness (QED) is 0.725. The fraction of sp³-hybridized carbons (Fsp3) is 0.444. The molecule has 146 valence electrons. The van der Waals surface area contributed by atoms with Crippen molar-refractivity contribution >= 4 is 42.3 Å². The van der Waals surface area contributed by atoms with Gasteiger partial charge in [0.1, 0.15) is 0 Å². The van der Waals surface area contributed by atoms with Gasteiger partial charge in [-0.15, -0.1) is 24.8 Å². The predicted molar refractivity (Wildman–Crippen MR) is 110 cm³/mol. The highest BCUT2D eigenvalue weighted by Gasteiger charge is 2.21. The first kappa shape index (κ1) is 24.7. The van der Waals surface area contributed by atoms with E-state index in [1.165, 1.54) is 0 Å². The summed E-state index contributed by atoms with van der Waals surface area (Å²) < 4.78 is 5.72. The van der Waals surface area contributed by atoms with Gasteiger partial charge in [0.05, 0.1) is 11.2 Å². The Morgan fingerprint density at radius 2 is 1.96 bits per heavy atom. The van der Waals surface area contributed by atoms with Gasteiger partial charge in [0.15, 0.2) is 11.7 Å². The fourth-order valence-corrected chi connectivity index (χ4v) is 2.64. The maximum Gasteiger partial charge on any atom is 0.222 e. The Morgan fingerprint density at radius 3 is 2.58 bits per heavy atom. The number of amides is 1. The van der Waals surface area contributed by atoms with Gasteiger partial charge in [-0.2, -0.15) is 0 Å². The zero-order chi connectivity index (χ0) is 17.7. The number of carbonyl (C=O) groups excluding carboxylic acids is 1. The first-order chi connectivity index (χ1) is 11.3. The van der Waals surface area contributed by atoms with Gasteiger partial charge in [0.25, 0.3) is 0 Å². The van der Waals surface area contributed by atoms with Crippen molar-refractivity contribution in [2.75, 3.05) is 20.1 Å². The molecular weight excluding hydrogens is 397 g/mol. The van der Waals surface area contributed by atoms with Gasteiger partial charge in [-0.1, -0.05) is 37.6 Å². The Bertz CT molecular complexity index is 704. The molecule has 0 saturated heterocycles. The average molecular weight is 423 g/mol. The minimum Gasteiger partial charge on any atom is -0.441 e. The molecular formula is C18H26Cl3N3O2. The van der Waals surface area contributed by atoms with E-state index in [2.05, 4.69) is 4.98 Å². The molecule has 26 heavy (non-hydrogen) atoms. The van der Waals surface area contributed by atoms with E-state index < -0.39 is 0 Å². The molecule has 2 rings (SSSR count). The molecule has 1 heterocycles. The normalized spacial score (nSPS) is 10.7. The van der Waals surface area contributed by atoms with Gasteiger partial charge >= 0.3 is 0 Å². The lowest BCUT2D eigenvalue weighted by Gasteiger charge is -2.29. The Morgan fingerprint density at radius 1 is 1.31 bits per heavy atom. The molecule has 0 aliphatic rings. The number of aromatic nitrogens is 1. The van der Waals surface area contributed by atoms with E-state index in [9.17, 15) is 4.79 Å². The Hall–Kier alpha value is -1.27. The summed E-state index contributed by atoms with van der Waals surface area (Å²) in [6.45, 7) is 5.24. The van der Waals surface area contributed by atoms with Crippen molar-refractivity contribution in [2.24, 2.45) is 11.1 Å². The van der Waals surface area contributed by atoms with E-state index in [1.54, 1.807) is 24.2 Å². The largest absolute Gasteiger partial charge is 0.441 e. The summed E-state index contributed by atoms with van der Waals surface area (Å²) in [6.07, 6.45) is 2.44. The Kier molecular flexibility index (Phi) is 10.2. The van der Waals surface area contributed by atoms with Crippen LogP contribution < -0.4 is 5.73 Å². The van der Waals surface area contributed by atoms with Crippen LogP contribution in [-0.4, -0.2) is 35.9 Å². The number of carbonyl (C=O) groups is 1. The highest BCUT2D eigenvalue weighted by atomic mass is 35.5. The smallest absolute Gasteiger partial charge is 0.222 e. The van der Waals surface area contributed by atoms with Crippen molar-refractivity contribution < 1.29 is 9.21 Å². The Balaban J connectivity index is 0.00000312. The molecule has 0 bridgehead atoms. The lowest BCUT2D eigenvalue weighted by Crippen LogP contribution is -2.39. The number of nitrogens with two attached hydrogens (primary N) is 1. The standard InChI is InChI=1S/C18H24ClN3O2.2ClH/c1-18(2,11-20)12-22(3)17(23)9-8-16-21-10-15(24-16)13-6-4-5-7-14(13)19;;/h4-7,10H,8-9,11-12,20H2,1-3H3;2*1H. The van der Waals surface area contributed by atoms with Crippen LogP contribution in [0.1, 0.15) is 26.2 Å². The second kappa shape index (κ2) is 10.8. The van der Waals surface area contributed by atoms with Gasteiger partial charge in [-0.3, -0.25) is 4.79 Å². The van der Waals surface area contributed by atoms with Crippen LogP contribution in [0.3, 0.4) is 0 Å². The van der Waals surface area contributed by atoms with Crippen LogP contribution >= 0.6 is 36.4 Å². The summed E-state index contributed by atoms with van der Waals surface area (Å²) in [7, 11) is 1.80. The highest BCUT2D eigenvalue weighted by molar-refractivity contribution is 6.33. The number of halogens is 3. The fourth-order valence-electron chi connectivity index (χ4n) is 2.41. The highest BCUT2D eigenvalue weighted by Crippen LogP contribution is 2.28. The van der Waals surface area contributed by atoms with Crippen LogP contribution in [-0.2, 0) is 11.2 Å². The van der Waals surface area contributed by atoms with Crippen LogP contribution in [0.25, 0.3) is 11.3 Å². The second-order valence-corrected chi connectivity index (χ2v) is 7.12. The predicted octanol–water partition coefficient (Wildman–Crippen LogP) is 4.21. The summed E-state index contributed by atoms with van der Waals surface area (Å²) in [5.41, 5.74) is 6.42. The van der Waals surface area contributed by atoms with Crippen molar-refractivity contribution in [3.63, 3.8) is 0 Å². The van der Waals surface area contributed by atoms with E-state index >= 15 is 0 Å². The number of rotatable bonds is 7. The van der Waals surface area contributed by atoms with Gasteiger partial charge < -0.3 is 15.1 Å². The number of hydrogen-bond donors (Lipinski definition) is 1. The second-order valence-electron chi connectivity index (χ2n) is 6.72. The Labute approximate surface area is 172 Å². The summed E-state index contributed by atoms with van der Waals surface area (Å²) in [5, 5.41) is 0.611. The number of nitrogens with zero attached hydrogens (tertiary/aromatic N) is 2. The molecule has 1 amide bonds. The van der Waals surface area contributed by atoms with E-state index in [0.29, 0.717) is 42.6 Å². The molecule has 2 aromatic rings. The van der Waals surface area contributed by atoms with E-state index in [1.807, 2.05) is 32.0 Å². The maximum absolute atomic E-state index is 12.2. The molecule has 0 radical (unpaired) electrons. The monoisotopic (exact) mass is 421 g/mol. The minimum atomic E-state index is -0.0927. The van der Waals surface area contributed by atoms with Crippen molar-refractivity contribution in [1.82, 2.24) is 9.88 Å². The van der Waals surface area contributed by atoms with Crippen molar-refractivity contribution in [3.05, 3.63) is 41.4 Å². The van der Waals surface area contributed by atoms with E-state index in [-0.39, 0.29) is 36.1 Å². The number of benzene rings is 1. The molecule has 5 nitrogen and oxygen atoms in total. The molecule has 2 N–H and O–H groups in total. The molecule has 1 aromatic carbocycles. The van der Waals surface area contributed by atoms with Gasteiger partial charge in [-0.05, 0) is 24.1 Å². The van der Waals surface area contributed by atoms with Crippen LogP contribution in [0.4, 0.5) is 0 Å². The summed E-state index contributed by atoms with van der Waals surface area (Å²) >= 11 is 6.15. The average Bonchev–Trinajstić information content (AvgIpc) is 3.01. The molecule has 8 heteroatoms. The first-order valence-electron chi connectivity index (χ1n) is 7.96. The van der Waals surface area contributed by atoms with Gasteiger partial charge in [0, 0.05) is 32.0 Å². The molecule has 1 aromatic heterocycles. The van der Waals surface area contributed by atoms with Crippen molar-refractivity contribution in [2.45, 2.75) is 26.7 Å². The molecule has 0 spiro atoms. The molecule has 0 saturated carbocycles. The van der Waals surface area contributed by atoms with Gasteiger partial charge in [-0.25, -0.2) is 4.98 Å². The van der Waals surface area contributed by atoms with Crippen molar-refractivity contribution in [3.8, 4) is 11.3 Å².